The molecular formula is C36H48Zr. The molecule has 0 aromatic heterocycles. The van der Waals surface area contributed by atoms with Crippen molar-refractivity contribution in [3.05, 3.63) is 77.4 Å². The first-order valence-corrected chi connectivity index (χ1v) is 15.4. The van der Waals surface area contributed by atoms with E-state index in [0.717, 1.165) is 6.42 Å². The normalized spacial score (nSPS) is 16.3. The Morgan fingerprint density at radius 3 is 1.46 bits per heavy atom. The quantitative estimate of drug-likeness (QED) is 0.235. The summed E-state index contributed by atoms with van der Waals surface area (Å²) in [6, 6.07) is 16.1. The number of fused-ring (bicyclic) bond motifs is 3. The molecule has 0 saturated heterocycles. The molecule has 1 saturated carbocycles. The van der Waals surface area contributed by atoms with Gasteiger partial charge in [-0.2, -0.15) is 11.6 Å². The molecule has 0 N–H and O–H groups in total. The summed E-state index contributed by atoms with van der Waals surface area (Å²) in [5.41, 5.74) is 4.94. The third-order valence-electron chi connectivity index (χ3n) is 7.46. The fourth-order valence-corrected chi connectivity index (χ4v) is 5.70. The van der Waals surface area contributed by atoms with Gasteiger partial charge >= 0.3 is 59.5 Å². The van der Waals surface area contributed by atoms with Crippen molar-refractivity contribution in [1.29, 1.82) is 0 Å². The first-order chi connectivity index (χ1) is 17.2. The van der Waals surface area contributed by atoms with E-state index in [0.29, 0.717) is 5.41 Å². The average Bonchev–Trinajstić information content (AvgIpc) is 3.47. The summed E-state index contributed by atoms with van der Waals surface area (Å²) in [4.78, 5) is 0. The maximum atomic E-state index is 3.16. The zero-order valence-corrected chi connectivity index (χ0v) is 27.4. The Hall–Kier alpha value is -1.46. The molecule has 0 unspecified atom stereocenters. The van der Waals surface area contributed by atoms with Gasteiger partial charge in [0.05, 0.1) is 0 Å². The molecular weight excluding hydrogens is 524 g/mol. The van der Waals surface area contributed by atoms with Crippen molar-refractivity contribution in [2.45, 2.75) is 112 Å². The molecule has 0 atom stereocenters. The van der Waals surface area contributed by atoms with Crippen LogP contribution in [0.25, 0.3) is 21.5 Å². The third-order valence-corrected chi connectivity index (χ3v) is 8.69. The van der Waals surface area contributed by atoms with Crippen LogP contribution >= 0.6 is 0 Å². The van der Waals surface area contributed by atoms with Crippen LogP contribution < -0.4 is 0 Å². The zero-order chi connectivity index (χ0) is 27.4. The molecule has 3 aromatic rings. The van der Waals surface area contributed by atoms with Crippen molar-refractivity contribution < 1.29 is 24.2 Å². The standard InChI is InChI=1S/C21H25.C9H13.C6H10.Zr/c1-20(2,3)16-9-7-14-11-15-8-10-17(21(4,5)6)13-19(15)18(14)12-16;1-9(2,3)8-6-4-5-7-8;1-2-4-6-5-3-1;/h7-13H,1-6H3;6-7H,4H2,1-3H3;1-5H2;/q2*-1;;+2. The zero-order valence-electron chi connectivity index (χ0n) is 24.9. The Balaban J connectivity index is 0.000000194. The van der Waals surface area contributed by atoms with Gasteiger partial charge in [0.15, 0.2) is 0 Å². The van der Waals surface area contributed by atoms with Gasteiger partial charge < -0.3 is 0 Å². The number of allylic oxidation sites excluding steroid dienone is 4. The van der Waals surface area contributed by atoms with Crippen LogP contribution in [0.2, 0.25) is 0 Å². The van der Waals surface area contributed by atoms with Crippen LogP contribution in [0.4, 0.5) is 0 Å². The number of hydrogen-bond donors (Lipinski definition) is 0. The summed E-state index contributed by atoms with van der Waals surface area (Å²) in [5.74, 6) is 0. The molecule has 0 nitrogen and oxygen atoms in total. The Bertz CT molecular complexity index is 1200. The van der Waals surface area contributed by atoms with E-state index in [2.05, 4.69) is 123 Å². The molecule has 1 fully saturated rings. The second-order valence-electron chi connectivity index (χ2n) is 13.9. The number of hydrogen-bond acceptors (Lipinski definition) is 0. The second-order valence-corrected chi connectivity index (χ2v) is 15.6. The molecule has 0 aliphatic heterocycles. The van der Waals surface area contributed by atoms with Gasteiger partial charge in [-0.25, -0.2) is 6.08 Å². The molecule has 0 spiro atoms. The predicted octanol–water partition coefficient (Wildman–Crippen LogP) is 10.7. The van der Waals surface area contributed by atoms with E-state index in [1.54, 1.807) is 27.4 Å². The van der Waals surface area contributed by atoms with Gasteiger partial charge in [0.2, 0.25) is 0 Å². The van der Waals surface area contributed by atoms with Gasteiger partial charge in [-0.15, -0.1) is 46.2 Å². The minimum absolute atomic E-state index is 0.194. The van der Waals surface area contributed by atoms with Crippen molar-refractivity contribution >= 4 is 24.8 Å². The van der Waals surface area contributed by atoms with E-state index in [4.69, 9.17) is 0 Å². The molecule has 2 aliphatic rings. The van der Waals surface area contributed by atoms with Gasteiger partial charge in [-0.05, 0) is 10.8 Å². The fourth-order valence-electron chi connectivity index (χ4n) is 4.83. The summed E-state index contributed by atoms with van der Waals surface area (Å²) in [7, 11) is 0. The average molecular weight is 572 g/mol. The Labute approximate surface area is 242 Å². The van der Waals surface area contributed by atoms with Gasteiger partial charge in [-0.3, -0.25) is 6.08 Å². The summed E-state index contributed by atoms with van der Waals surface area (Å²) < 4.78 is 1.80. The number of rotatable bonds is 0. The monoisotopic (exact) mass is 570 g/mol. The maximum absolute atomic E-state index is 3.16. The molecule has 5 rings (SSSR count). The van der Waals surface area contributed by atoms with E-state index >= 15 is 0 Å². The van der Waals surface area contributed by atoms with Crippen LogP contribution in [0.15, 0.2) is 60.2 Å². The van der Waals surface area contributed by atoms with Gasteiger partial charge in [0.1, 0.15) is 0 Å². The summed E-state index contributed by atoms with van der Waals surface area (Å²) in [6.45, 7) is 20.3. The first-order valence-electron chi connectivity index (χ1n) is 14.1. The molecule has 0 radical (unpaired) electrons. The van der Waals surface area contributed by atoms with Crippen LogP contribution in [0.1, 0.15) is 112 Å². The van der Waals surface area contributed by atoms with E-state index in [-0.39, 0.29) is 10.8 Å². The molecule has 1 heteroatoms. The van der Waals surface area contributed by atoms with Crippen LogP contribution in [0, 0.1) is 11.5 Å². The minimum atomic E-state index is 0.194. The first kappa shape index (κ1) is 30.1. The van der Waals surface area contributed by atoms with Crippen molar-refractivity contribution in [3.63, 3.8) is 0 Å². The Morgan fingerprint density at radius 1 is 0.676 bits per heavy atom. The molecule has 37 heavy (non-hydrogen) atoms. The van der Waals surface area contributed by atoms with Crippen molar-refractivity contribution in [3.8, 4) is 0 Å². The van der Waals surface area contributed by atoms with Gasteiger partial charge in [-0.1, -0.05) is 103 Å². The molecule has 2 aliphatic carbocycles. The van der Waals surface area contributed by atoms with Crippen molar-refractivity contribution in [2.24, 2.45) is 5.41 Å². The molecule has 0 heterocycles. The predicted molar refractivity (Wildman–Crippen MR) is 163 cm³/mol. The van der Waals surface area contributed by atoms with Gasteiger partial charge in [0, 0.05) is 0 Å². The molecule has 196 valence electrons. The summed E-state index contributed by atoms with van der Waals surface area (Å²) in [6.07, 6.45) is 15.8. The topological polar surface area (TPSA) is 0 Å². The van der Waals surface area contributed by atoms with Crippen LogP contribution in [0.5, 0.6) is 0 Å². The fraction of sp³-hybridized carbons (Fsp3) is 0.500. The third kappa shape index (κ3) is 8.52. The van der Waals surface area contributed by atoms with E-state index in [9.17, 15) is 0 Å². The van der Waals surface area contributed by atoms with Crippen molar-refractivity contribution in [1.82, 2.24) is 0 Å². The van der Waals surface area contributed by atoms with Gasteiger partial charge in [0.25, 0.3) is 0 Å². The molecule has 3 aromatic carbocycles. The van der Waals surface area contributed by atoms with E-state index in [1.807, 2.05) is 0 Å². The van der Waals surface area contributed by atoms with Crippen LogP contribution in [-0.4, -0.2) is 3.21 Å². The van der Waals surface area contributed by atoms with Crippen LogP contribution in [-0.2, 0) is 35.1 Å². The van der Waals surface area contributed by atoms with E-state index < -0.39 is 0 Å². The molecule has 0 amide bonds. The Kier molecular flexibility index (Phi) is 9.89. The second kappa shape index (κ2) is 12.2. The van der Waals surface area contributed by atoms with E-state index in [1.165, 1.54) is 70.3 Å². The van der Waals surface area contributed by atoms with Crippen LogP contribution in [0.3, 0.4) is 0 Å². The number of benzene rings is 2. The summed E-state index contributed by atoms with van der Waals surface area (Å²) >= 11 is 1.69. The Morgan fingerprint density at radius 2 is 1.16 bits per heavy atom. The summed E-state index contributed by atoms with van der Waals surface area (Å²) in [5, 5.41) is 5.49. The SMILES string of the molecule is CC(C)(C)C1=CC[C-]=C1.CC(C)(C)c1ccc2[cH-]c3ccc(C(C)(C)C)cc3c2c1.[Zr+2]=[C]1CCCCC1. The molecule has 0 bridgehead atoms. The van der Waals surface area contributed by atoms with Crippen molar-refractivity contribution in [2.75, 3.05) is 0 Å².